The molecule has 1 aromatic carbocycles. The van der Waals surface area contributed by atoms with Gasteiger partial charge in [0, 0.05) is 24.1 Å². The highest BCUT2D eigenvalue weighted by molar-refractivity contribution is 7.89. The van der Waals surface area contributed by atoms with E-state index >= 15 is 0 Å². The van der Waals surface area contributed by atoms with Crippen LogP contribution in [0.25, 0.3) is 0 Å². The molecule has 1 aromatic heterocycles. The largest absolute Gasteiger partial charge is 0.294 e. The molecule has 0 amide bonds. The fourth-order valence-corrected chi connectivity index (χ4v) is 3.05. The highest BCUT2D eigenvalue weighted by Gasteiger charge is 2.17. The van der Waals surface area contributed by atoms with Gasteiger partial charge in [0.15, 0.2) is 0 Å². The number of hydrogen-bond acceptors (Lipinski definition) is 6. The van der Waals surface area contributed by atoms with Crippen LogP contribution in [0.2, 0.25) is 4.34 Å². The fourth-order valence-electron chi connectivity index (χ4n) is 1.87. The third kappa shape index (κ3) is 3.98. The molecular weight excluding hydrogens is 332 g/mol. The molecule has 1 heterocycles. The van der Waals surface area contributed by atoms with Crippen molar-refractivity contribution in [3.8, 4) is 0 Å². The second kappa shape index (κ2) is 6.37. The van der Waals surface area contributed by atoms with Crippen LogP contribution in [0.1, 0.15) is 24.2 Å². The van der Waals surface area contributed by atoms with Crippen LogP contribution >= 0.6 is 23.1 Å². The summed E-state index contributed by atoms with van der Waals surface area (Å²) in [6.07, 6.45) is 0. The van der Waals surface area contributed by atoms with Crippen molar-refractivity contribution < 1.29 is 8.42 Å². The zero-order valence-corrected chi connectivity index (χ0v) is 13.9. The first-order chi connectivity index (χ1) is 9.79. The zero-order chi connectivity index (χ0) is 15.6. The van der Waals surface area contributed by atoms with E-state index in [9.17, 15) is 8.42 Å². The second-order valence-corrected chi connectivity index (χ2v) is 7.62. The summed E-state index contributed by atoms with van der Waals surface area (Å²) < 4.78 is 27.2. The summed E-state index contributed by atoms with van der Waals surface area (Å²) in [5.41, 5.74) is 1.56. The van der Waals surface area contributed by atoms with Gasteiger partial charge in [0.1, 0.15) is 10.0 Å². The average Bonchev–Trinajstić information content (AvgIpc) is 2.82. The lowest BCUT2D eigenvalue weighted by atomic mass is 10.1. The number of aromatic nitrogens is 2. The molecule has 0 radical (unpaired) electrons. The number of nitrogens with two attached hydrogens (primary N) is 1. The van der Waals surface area contributed by atoms with E-state index in [4.69, 9.17) is 16.7 Å². The minimum atomic E-state index is -3.70. The molecule has 6 nitrogen and oxygen atoms in total. The van der Waals surface area contributed by atoms with Gasteiger partial charge in [-0.1, -0.05) is 28.2 Å². The molecule has 0 fully saturated rings. The van der Waals surface area contributed by atoms with E-state index in [2.05, 4.69) is 9.59 Å². The van der Waals surface area contributed by atoms with E-state index in [-0.39, 0.29) is 10.9 Å². The van der Waals surface area contributed by atoms with E-state index in [0.717, 1.165) is 17.1 Å². The van der Waals surface area contributed by atoms with Gasteiger partial charge in [-0.25, -0.2) is 13.6 Å². The monoisotopic (exact) mass is 346 g/mol. The SMILES string of the molecule is C[C@H](c1cccc(S(N)(=O)=O)c1)N(C)Cc1nnsc1Cl. The first-order valence-corrected chi connectivity index (χ1v) is 8.78. The van der Waals surface area contributed by atoms with E-state index in [1.165, 1.54) is 6.07 Å². The number of hydrogen-bond donors (Lipinski definition) is 1. The normalized spacial score (nSPS) is 13.6. The standard InChI is InChI=1S/C12H15ClN4O2S2/c1-8(17(2)7-11-12(13)20-16-15-11)9-4-3-5-10(6-9)21(14,18)19/h3-6,8H,7H2,1-2H3,(H2,14,18,19)/t8-/m1/s1. The first-order valence-electron chi connectivity index (χ1n) is 6.09. The molecule has 21 heavy (non-hydrogen) atoms. The molecule has 0 aliphatic carbocycles. The van der Waals surface area contributed by atoms with Crippen molar-refractivity contribution in [3.05, 3.63) is 39.9 Å². The minimum absolute atomic E-state index is 0.0236. The lowest BCUT2D eigenvalue weighted by Gasteiger charge is -2.24. The summed E-state index contributed by atoms with van der Waals surface area (Å²) in [5.74, 6) is 0. The number of primary sulfonamides is 1. The van der Waals surface area contributed by atoms with E-state index in [1.807, 2.05) is 24.9 Å². The van der Waals surface area contributed by atoms with Crippen molar-refractivity contribution in [1.29, 1.82) is 0 Å². The molecule has 2 aromatic rings. The predicted molar refractivity (Wildman–Crippen MR) is 82.6 cm³/mol. The maximum atomic E-state index is 11.4. The third-order valence-corrected chi connectivity index (χ3v) is 5.13. The summed E-state index contributed by atoms with van der Waals surface area (Å²) in [7, 11) is -1.79. The molecule has 0 bridgehead atoms. The number of sulfonamides is 1. The van der Waals surface area contributed by atoms with Crippen molar-refractivity contribution in [2.45, 2.75) is 24.4 Å². The van der Waals surface area contributed by atoms with Gasteiger partial charge in [0.2, 0.25) is 10.0 Å². The van der Waals surface area contributed by atoms with Crippen molar-refractivity contribution in [2.75, 3.05) is 7.05 Å². The van der Waals surface area contributed by atoms with Crippen molar-refractivity contribution in [2.24, 2.45) is 5.14 Å². The first kappa shape index (κ1) is 16.3. The van der Waals surface area contributed by atoms with Gasteiger partial charge in [-0.15, -0.1) is 5.10 Å². The van der Waals surface area contributed by atoms with E-state index in [1.54, 1.807) is 12.1 Å². The molecule has 0 aliphatic heterocycles. The van der Waals surface area contributed by atoms with Crippen LogP contribution in [-0.4, -0.2) is 30.0 Å². The summed E-state index contributed by atoms with van der Waals surface area (Å²) >= 11 is 7.13. The highest BCUT2D eigenvalue weighted by Crippen LogP contribution is 2.25. The van der Waals surface area contributed by atoms with Gasteiger partial charge in [-0.3, -0.25) is 4.90 Å². The summed E-state index contributed by atoms with van der Waals surface area (Å²) in [6, 6.07) is 6.57. The number of benzene rings is 1. The molecule has 2 rings (SSSR count). The van der Waals surface area contributed by atoms with Gasteiger partial charge < -0.3 is 0 Å². The van der Waals surface area contributed by atoms with Crippen LogP contribution in [0, 0.1) is 0 Å². The quantitative estimate of drug-likeness (QED) is 0.894. The van der Waals surface area contributed by atoms with Gasteiger partial charge in [-0.2, -0.15) is 0 Å². The molecule has 0 saturated heterocycles. The zero-order valence-electron chi connectivity index (χ0n) is 11.5. The Bertz CT molecular complexity index is 732. The Labute approximate surface area is 132 Å². The molecule has 0 spiro atoms. The molecule has 2 N–H and O–H groups in total. The van der Waals surface area contributed by atoms with Crippen LogP contribution in [0.5, 0.6) is 0 Å². The minimum Gasteiger partial charge on any atom is -0.294 e. The van der Waals surface area contributed by atoms with Gasteiger partial charge in [-0.05, 0) is 31.7 Å². The Kier molecular flexibility index (Phi) is 4.95. The molecule has 114 valence electrons. The van der Waals surface area contributed by atoms with Crippen LogP contribution in [-0.2, 0) is 16.6 Å². The Morgan fingerprint density at radius 2 is 2.19 bits per heavy atom. The highest BCUT2D eigenvalue weighted by atomic mass is 35.5. The molecule has 9 heteroatoms. The van der Waals surface area contributed by atoms with Gasteiger partial charge in [0.25, 0.3) is 0 Å². The molecule has 0 unspecified atom stereocenters. The summed E-state index contributed by atoms with van der Waals surface area (Å²) in [6.45, 7) is 2.49. The average molecular weight is 347 g/mol. The summed E-state index contributed by atoms with van der Waals surface area (Å²) in [5, 5.41) is 9.12. The van der Waals surface area contributed by atoms with Crippen LogP contribution in [0.15, 0.2) is 29.2 Å². The smallest absolute Gasteiger partial charge is 0.238 e. The Morgan fingerprint density at radius 1 is 1.48 bits per heavy atom. The van der Waals surface area contributed by atoms with Crippen LogP contribution in [0.4, 0.5) is 0 Å². The molecular formula is C12H15ClN4O2S2. The van der Waals surface area contributed by atoms with Gasteiger partial charge in [0.05, 0.1) is 4.90 Å². The molecule has 0 aliphatic rings. The fraction of sp³-hybridized carbons (Fsp3) is 0.333. The Hall–Kier alpha value is -1.06. The van der Waals surface area contributed by atoms with Gasteiger partial charge >= 0.3 is 0 Å². The second-order valence-electron chi connectivity index (χ2n) is 4.70. The van der Waals surface area contributed by atoms with E-state index in [0.29, 0.717) is 16.6 Å². The Balaban J connectivity index is 2.20. The van der Waals surface area contributed by atoms with Crippen molar-refractivity contribution >= 4 is 33.2 Å². The van der Waals surface area contributed by atoms with Crippen molar-refractivity contribution in [1.82, 2.24) is 14.5 Å². The van der Waals surface area contributed by atoms with E-state index < -0.39 is 10.0 Å². The number of nitrogens with zero attached hydrogens (tertiary/aromatic N) is 3. The van der Waals surface area contributed by atoms with Crippen LogP contribution < -0.4 is 5.14 Å². The maximum absolute atomic E-state index is 11.4. The number of rotatable bonds is 5. The topological polar surface area (TPSA) is 89.2 Å². The number of halogens is 1. The maximum Gasteiger partial charge on any atom is 0.238 e. The third-order valence-electron chi connectivity index (χ3n) is 3.24. The van der Waals surface area contributed by atoms with Crippen molar-refractivity contribution in [3.63, 3.8) is 0 Å². The van der Waals surface area contributed by atoms with Crippen LogP contribution in [0.3, 0.4) is 0 Å². The summed E-state index contributed by atoms with van der Waals surface area (Å²) in [4.78, 5) is 2.11. The lowest BCUT2D eigenvalue weighted by molar-refractivity contribution is 0.250. The predicted octanol–water partition coefficient (Wildman–Crippen LogP) is 2.03. The lowest BCUT2D eigenvalue weighted by Crippen LogP contribution is -2.22. The molecule has 0 saturated carbocycles. The molecule has 1 atom stereocenters. The Morgan fingerprint density at radius 3 is 2.76 bits per heavy atom.